The largest absolute Gasteiger partial charge is 0.360 e. The second kappa shape index (κ2) is 9.22. The van der Waals surface area contributed by atoms with Crippen LogP contribution in [-0.2, 0) is 6.42 Å². The first-order valence-corrected chi connectivity index (χ1v) is 10.9. The number of aromatic amines is 1. The summed E-state index contributed by atoms with van der Waals surface area (Å²) in [4.78, 5) is 21.0. The van der Waals surface area contributed by atoms with Crippen LogP contribution in [0.25, 0.3) is 16.6 Å². The first kappa shape index (κ1) is 20.8. The molecule has 3 aromatic carbocycles. The molecule has 2 N–H and O–H groups in total. The smallest absolute Gasteiger partial charge is 0.186 e. The summed E-state index contributed by atoms with van der Waals surface area (Å²) in [6.07, 6.45) is 7.83. The number of fused-ring (bicyclic) bond motifs is 1. The molecule has 0 aliphatic rings. The van der Waals surface area contributed by atoms with Gasteiger partial charge in [-0.15, -0.1) is 0 Å². The zero-order chi connectivity index (χ0) is 22.6. The van der Waals surface area contributed by atoms with Crippen LogP contribution in [0.3, 0.4) is 0 Å². The summed E-state index contributed by atoms with van der Waals surface area (Å²) >= 11 is 0. The molecule has 0 amide bonds. The third kappa shape index (κ3) is 4.47. The van der Waals surface area contributed by atoms with Gasteiger partial charge in [-0.05, 0) is 41.8 Å². The number of imidazole rings is 1. The molecule has 1 atom stereocenters. The molecule has 0 aliphatic carbocycles. The summed E-state index contributed by atoms with van der Waals surface area (Å²) in [6, 6.07) is 21.6. The highest BCUT2D eigenvalue weighted by Crippen LogP contribution is 2.26. The van der Waals surface area contributed by atoms with E-state index < -0.39 is 6.04 Å². The Balaban J connectivity index is 1.40. The van der Waals surface area contributed by atoms with Gasteiger partial charge in [-0.1, -0.05) is 48.5 Å². The maximum atomic E-state index is 13.7. The maximum Gasteiger partial charge on any atom is 0.186 e. The number of rotatable bonds is 8. The summed E-state index contributed by atoms with van der Waals surface area (Å²) in [5.41, 5.74) is 4.43. The van der Waals surface area contributed by atoms with Gasteiger partial charge >= 0.3 is 0 Å². The number of Topliss-reactive ketones (excluding diaryl/α,β-unsaturated/α-hetero) is 1. The van der Waals surface area contributed by atoms with Crippen molar-refractivity contribution >= 4 is 16.7 Å². The summed E-state index contributed by atoms with van der Waals surface area (Å²) in [6.45, 7) is 0.587. The van der Waals surface area contributed by atoms with E-state index >= 15 is 0 Å². The summed E-state index contributed by atoms with van der Waals surface area (Å²) in [5.74, 6) is -0.249. The molecule has 0 saturated carbocycles. The molecule has 0 radical (unpaired) electrons. The average molecular weight is 439 g/mol. The van der Waals surface area contributed by atoms with E-state index in [1.807, 2.05) is 59.3 Å². The van der Waals surface area contributed by atoms with Crippen LogP contribution >= 0.6 is 0 Å². The molecule has 5 aromatic rings. The molecule has 2 heterocycles. The van der Waals surface area contributed by atoms with E-state index in [4.69, 9.17) is 0 Å². The molecule has 0 spiro atoms. The average Bonchev–Trinajstić information content (AvgIpc) is 3.53. The second-order valence-electron chi connectivity index (χ2n) is 7.94. The number of ketones is 1. The molecular weight excluding hydrogens is 415 g/mol. The SMILES string of the molecule is O=C(c1c[nH]c2cc(-n3ccnc3)ccc12)[C@H](NCCc1ccc(F)cc1)c1ccccc1. The lowest BCUT2D eigenvalue weighted by Crippen LogP contribution is -2.30. The van der Waals surface area contributed by atoms with Gasteiger partial charge in [0.25, 0.3) is 0 Å². The van der Waals surface area contributed by atoms with E-state index in [-0.39, 0.29) is 11.6 Å². The van der Waals surface area contributed by atoms with Gasteiger partial charge in [-0.25, -0.2) is 9.37 Å². The van der Waals surface area contributed by atoms with E-state index in [0.717, 1.165) is 27.7 Å². The standard InChI is InChI=1S/C27H23FN4O/c28-21-8-6-19(7-9-21)12-13-30-26(20-4-2-1-3-5-20)27(33)24-17-31-25-16-22(10-11-23(24)25)32-15-14-29-18-32/h1-11,14-18,26,30-31H,12-13H2/t26-/m1/s1. The van der Waals surface area contributed by atoms with E-state index in [9.17, 15) is 9.18 Å². The van der Waals surface area contributed by atoms with Crippen LogP contribution in [0.2, 0.25) is 0 Å². The van der Waals surface area contributed by atoms with Gasteiger partial charge in [0.05, 0.1) is 12.4 Å². The Morgan fingerprint density at radius 3 is 2.64 bits per heavy atom. The van der Waals surface area contributed by atoms with Crippen LogP contribution < -0.4 is 5.32 Å². The van der Waals surface area contributed by atoms with Crippen molar-refractivity contribution < 1.29 is 9.18 Å². The van der Waals surface area contributed by atoms with Crippen LogP contribution in [0.4, 0.5) is 4.39 Å². The van der Waals surface area contributed by atoms with Crippen molar-refractivity contribution in [2.24, 2.45) is 0 Å². The van der Waals surface area contributed by atoms with Gasteiger partial charge in [0.2, 0.25) is 0 Å². The molecule has 164 valence electrons. The molecule has 5 nitrogen and oxygen atoms in total. The van der Waals surface area contributed by atoms with Gasteiger partial charge in [0.15, 0.2) is 5.78 Å². The number of aromatic nitrogens is 3. The van der Waals surface area contributed by atoms with E-state index in [2.05, 4.69) is 15.3 Å². The van der Waals surface area contributed by atoms with Gasteiger partial charge in [0.1, 0.15) is 5.82 Å². The first-order valence-electron chi connectivity index (χ1n) is 10.9. The molecule has 2 aromatic heterocycles. The molecule has 33 heavy (non-hydrogen) atoms. The van der Waals surface area contributed by atoms with Crippen LogP contribution in [0.1, 0.15) is 27.5 Å². The first-order chi connectivity index (χ1) is 16.2. The lowest BCUT2D eigenvalue weighted by atomic mass is 9.96. The summed E-state index contributed by atoms with van der Waals surface area (Å²) in [7, 11) is 0. The van der Waals surface area contributed by atoms with Gasteiger partial charge < -0.3 is 14.9 Å². The summed E-state index contributed by atoms with van der Waals surface area (Å²) < 4.78 is 15.1. The van der Waals surface area contributed by atoms with Crippen LogP contribution in [0.15, 0.2) is 97.7 Å². The van der Waals surface area contributed by atoms with Gasteiger partial charge in [-0.2, -0.15) is 0 Å². The van der Waals surface area contributed by atoms with E-state index in [1.165, 1.54) is 12.1 Å². The highest BCUT2D eigenvalue weighted by atomic mass is 19.1. The Bertz CT molecular complexity index is 1360. The Morgan fingerprint density at radius 2 is 1.88 bits per heavy atom. The fourth-order valence-electron chi connectivity index (χ4n) is 4.07. The van der Waals surface area contributed by atoms with Crippen LogP contribution in [-0.4, -0.2) is 26.9 Å². The number of hydrogen-bond acceptors (Lipinski definition) is 3. The van der Waals surface area contributed by atoms with Crippen molar-refractivity contribution in [1.29, 1.82) is 0 Å². The number of halogens is 1. The van der Waals surface area contributed by atoms with Crippen molar-refractivity contribution in [3.8, 4) is 5.69 Å². The molecule has 0 fully saturated rings. The predicted molar refractivity (Wildman–Crippen MR) is 127 cm³/mol. The maximum absolute atomic E-state index is 13.7. The third-order valence-electron chi connectivity index (χ3n) is 5.80. The van der Waals surface area contributed by atoms with Gasteiger partial charge in [-0.3, -0.25) is 4.79 Å². The minimum absolute atomic E-state index is 0.00179. The normalized spacial score (nSPS) is 12.2. The molecule has 0 bridgehead atoms. The Hall–Kier alpha value is -4.03. The number of benzene rings is 3. The van der Waals surface area contributed by atoms with E-state index in [0.29, 0.717) is 18.5 Å². The minimum atomic E-state index is -0.487. The Kier molecular flexibility index (Phi) is 5.83. The topological polar surface area (TPSA) is 62.7 Å². The Morgan fingerprint density at radius 1 is 1.06 bits per heavy atom. The van der Waals surface area contributed by atoms with Crippen molar-refractivity contribution in [3.63, 3.8) is 0 Å². The third-order valence-corrected chi connectivity index (χ3v) is 5.80. The highest BCUT2D eigenvalue weighted by Gasteiger charge is 2.24. The lowest BCUT2D eigenvalue weighted by molar-refractivity contribution is 0.0945. The van der Waals surface area contributed by atoms with Crippen molar-refractivity contribution in [2.75, 3.05) is 6.54 Å². The highest BCUT2D eigenvalue weighted by molar-refractivity contribution is 6.10. The second-order valence-corrected chi connectivity index (χ2v) is 7.94. The number of H-pyrrole nitrogens is 1. The Labute approximate surface area is 190 Å². The molecule has 6 heteroatoms. The monoisotopic (exact) mass is 438 g/mol. The van der Waals surface area contributed by atoms with Crippen LogP contribution in [0, 0.1) is 5.82 Å². The minimum Gasteiger partial charge on any atom is -0.360 e. The van der Waals surface area contributed by atoms with E-state index in [1.54, 1.807) is 30.9 Å². The number of nitrogens with one attached hydrogen (secondary N) is 2. The van der Waals surface area contributed by atoms with Crippen molar-refractivity contribution in [1.82, 2.24) is 19.9 Å². The summed E-state index contributed by atoms with van der Waals surface area (Å²) in [5, 5.41) is 4.30. The fourth-order valence-corrected chi connectivity index (χ4v) is 4.07. The number of carbonyl (C=O) groups is 1. The van der Waals surface area contributed by atoms with Crippen LogP contribution in [0.5, 0.6) is 0 Å². The number of nitrogens with zero attached hydrogens (tertiary/aromatic N) is 2. The van der Waals surface area contributed by atoms with Crippen molar-refractivity contribution in [2.45, 2.75) is 12.5 Å². The molecular formula is C27H23FN4O. The van der Waals surface area contributed by atoms with Crippen molar-refractivity contribution in [3.05, 3.63) is 120 Å². The van der Waals surface area contributed by atoms with Gasteiger partial charge in [0, 0.05) is 47.3 Å². The zero-order valence-electron chi connectivity index (χ0n) is 17.9. The number of hydrogen-bond donors (Lipinski definition) is 2. The lowest BCUT2D eigenvalue weighted by Gasteiger charge is -2.18. The molecule has 0 unspecified atom stereocenters. The molecule has 5 rings (SSSR count). The molecule has 0 saturated heterocycles. The fraction of sp³-hybridized carbons (Fsp3) is 0.111. The predicted octanol–water partition coefficient (Wildman–Crippen LogP) is 5.25. The quantitative estimate of drug-likeness (QED) is 0.325. The number of carbonyl (C=O) groups excluding carboxylic acids is 1. The zero-order valence-corrected chi connectivity index (χ0v) is 17.9. The molecule has 0 aliphatic heterocycles.